The van der Waals surface area contributed by atoms with Crippen molar-refractivity contribution >= 4 is 23.5 Å². The molecule has 0 saturated heterocycles. The summed E-state index contributed by atoms with van der Waals surface area (Å²) >= 11 is 1.72. The van der Waals surface area contributed by atoms with Crippen LogP contribution in [0.25, 0.3) is 12.2 Å². The van der Waals surface area contributed by atoms with E-state index in [2.05, 4.69) is 57.0 Å². The van der Waals surface area contributed by atoms with Crippen LogP contribution in [-0.4, -0.2) is 4.98 Å². The lowest BCUT2D eigenvalue weighted by molar-refractivity contribution is 0.247. The van der Waals surface area contributed by atoms with Crippen molar-refractivity contribution in [2.24, 2.45) is 10.8 Å². The van der Waals surface area contributed by atoms with Crippen molar-refractivity contribution < 1.29 is 0 Å². The highest BCUT2D eigenvalue weighted by molar-refractivity contribution is 7.07. The summed E-state index contributed by atoms with van der Waals surface area (Å²) in [5, 5.41) is 1.10. The smallest absolute Gasteiger partial charge is 0.0808 e. The Morgan fingerprint density at radius 3 is 2.73 bits per heavy atom. The first-order valence-electron chi connectivity index (χ1n) is 5.24. The average molecular weight is 219 g/mol. The maximum absolute atomic E-state index is 4.34. The summed E-state index contributed by atoms with van der Waals surface area (Å²) in [7, 11) is 0. The van der Waals surface area contributed by atoms with Crippen LogP contribution in [0.1, 0.15) is 27.7 Å². The van der Waals surface area contributed by atoms with Crippen LogP contribution in [0, 0.1) is 10.8 Å². The molecular formula is C13H17NS. The van der Waals surface area contributed by atoms with Crippen molar-refractivity contribution in [3.8, 4) is 0 Å². The van der Waals surface area contributed by atoms with Gasteiger partial charge in [0.25, 0.3) is 0 Å². The number of fused-ring (bicyclic) bond motifs is 1. The van der Waals surface area contributed by atoms with Gasteiger partial charge >= 0.3 is 0 Å². The monoisotopic (exact) mass is 219 g/mol. The van der Waals surface area contributed by atoms with E-state index >= 15 is 0 Å². The molecule has 1 aromatic heterocycles. The fourth-order valence-electron chi connectivity index (χ4n) is 1.62. The lowest BCUT2D eigenvalue weighted by atomic mass is 9.68. The Bertz CT molecular complexity index is 501. The molecule has 15 heavy (non-hydrogen) atoms. The van der Waals surface area contributed by atoms with E-state index in [0.717, 1.165) is 5.35 Å². The molecule has 0 spiro atoms. The first-order chi connectivity index (χ1) is 6.92. The summed E-state index contributed by atoms with van der Waals surface area (Å²) in [6.07, 6.45) is 8.86. The normalized spacial score (nSPS) is 25.1. The molecule has 0 radical (unpaired) electrons. The van der Waals surface area contributed by atoms with Gasteiger partial charge in [0.2, 0.25) is 0 Å². The van der Waals surface area contributed by atoms with E-state index in [4.69, 9.17) is 0 Å². The topological polar surface area (TPSA) is 12.9 Å². The van der Waals surface area contributed by atoms with Crippen LogP contribution in [0.4, 0.5) is 0 Å². The molecule has 0 N–H and O–H groups in total. The molecule has 1 unspecified atom stereocenters. The van der Waals surface area contributed by atoms with Gasteiger partial charge in [-0.15, -0.1) is 11.3 Å². The SMILES string of the molecule is CC(C)(C)C1(C)C=CC=c2ncsc2=C1. The van der Waals surface area contributed by atoms with Crippen LogP contribution in [-0.2, 0) is 0 Å². The zero-order valence-corrected chi connectivity index (χ0v) is 10.6. The minimum absolute atomic E-state index is 0.0985. The van der Waals surface area contributed by atoms with Gasteiger partial charge in [0.15, 0.2) is 0 Å². The number of rotatable bonds is 0. The molecule has 1 atom stereocenters. The third-order valence-electron chi connectivity index (χ3n) is 3.37. The van der Waals surface area contributed by atoms with Gasteiger partial charge in [0.05, 0.1) is 15.4 Å². The van der Waals surface area contributed by atoms with Gasteiger partial charge in [0.1, 0.15) is 0 Å². The van der Waals surface area contributed by atoms with Crippen LogP contribution in [0.5, 0.6) is 0 Å². The fraction of sp³-hybridized carbons (Fsp3) is 0.462. The third-order valence-corrected chi connectivity index (χ3v) is 4.16. The van der Waals surface area contributed by atoms with Gasteiger partial charge in [-0.1, -0.05) is 45.9 Å². The Kier molecular flexibility index (Phi) is 2.34. The summed E-state index contributed by atoms with van der Waals surface area (Å²) in [6, 6.07) is 0. The highest BCUT2D eigenvalue weighted by Gasteiger charge is 2.33. The molecule has 0 bridgehead atoms. The Hall–Kier alpha value is -0.890. The minimum atomic E-state index is 0.0985. The van der Waals surface area contributed by atoms with E-state index in [-0.39, 0.29) is 10.8 Å². The third kappa shape index (κ3) is 1.78. The predicted octanol–water partition coefficient (Wildman–Crippen LogP) is 2.33. The van der Waals surface area contributed by atoms with Crippen LogP contribution in [0.15, 0.2) is 17.7 Å². The molecule has 1 nitrogen and oxygen atoms in total. The second kappa shape index (κ2) is 3.31. The quantitative estimate of drug-likeness (QED) is 0.652. The van der Waals surface area contributed by atoms with E-state index in [9.17, 15) is 0 Å². The number of hydrogen-bond donors (Lipinski definition) is 0. The molecule has 0 aliphatic heterocycles. The minimum Gasteiger partial charge on any atom is -0.245 e. The van der Waals surface area contributed by atoms with Gasteiger partial charge in [-0.05, 0) is 11.5 Å². The largest absolute Gasteiger partial charge is 0.245 e. The summed E-state index contributed by atoms with van der Waals surface area (Å²) in [4.78, 5) is 4.34. The first kappa shape index (κ1) is 10.6. The highest BCUT2D eigenvalue weighted by Crippen LogP contribution is 2.41. The molecule has 2 heteroatoms. The first-order valence-corrected chi connectivity index (χ1v) is 6.12. The molecule has 1 heterocycles. The van der Waals surface area contributed by atoms with E-state index < -0.39 is 0 Å². The van der Waals surface area contributed by atoms with Crippen LogP contribution < -0.4 is 9.88 Å². The molecule has 80 valence electrons. The fourth-order valence-corrected chi connectivity index (χ4v) is 2.46. The maximum atomic E-state index is 4.34. The second-order valence-corrected chi connectivity index (χ2v) is 6.19. The summed E-state index contributed by atoms with van der Waals surface area (Å²) < 4.78 is 1.29. The van der Waals surface area contributed by atoms with Gasteiger partial charge in [-0.3, -0.25) is 0 Å². The van der Waals surface area contributed by atoms with Crippen molar-refractivity contribution in [2.75, 3.05) is 0 Å². The van der Waals surface area contributed by atoms with Crippen LogP contribution in [0.3, 0.4) is 0 Å². The lowest BCUT2D eigenvalue weighted by Crippen LogP contribution is -2.31. The molecule has 0 aromatic carbocycles. The molecule has 0 amide bonds. The summed E-state index contributed by atoms with van der Waals surface area (Å²) in [5.74, 6) is 0. The molecule has 0 fully saturated rings. The Labute approximate surface area is 94.9 Å². The van der Waals surface area contributed by atoms with Crippen molar-refractivity contribution in [1.29, 1.82) is 0 Å². The number of allylic oxidation sites excluding steroid dienone is 2. The lowest BCUT2D eigenvalue weighted by Gasteiger charge is -2.36. The molecule has 0 saturated carbocycles. The van der Waals surface area contributed by atoms with Crippen molar-refractivity contribution in [3.63, 3.8) is 0 Å². The number of hydrogen-bond acceptors (Lipinski definition) is 2. The number of nitrogens with zero attached hydrogens (tertiary/aromatic N) is 1. The number of thiazole rings is 1. The second-order valence-electron chi connectivity index (χ2n) is 5.30. The van der Waals surface area contributed by atoms with E-state index in [1.54, 1.807) is 11.3 Å². The van der Waals surface area contributed by atoms with Gasteiger partial charge in [0, 0.05) is 5.41 Å². The van der Waals surface area contributed by atoms with Crippen molar-refractivity contribution in [3.05, 3.63) is 27.5 Å². The van der Waals surface area contributed by atoms with Crippen LogP contribution >= 0.6 is 11.3 Å². The predicted molar refractivity (Wildman–Crippen MR) is 67.0 cm³/mol. The number of aromatic nitrogens is 1. The summed E-state index contributed by atoms with van der Waals surface area (Å²) in [6.45, 7) is 9.12. The average Bonchev–Trinajstić information content (AvgIpc) is 2.45. The van der Waals surface area contributed by atoms with Crippen molar-refractivity contribution in [2.45, 2.75) is 27.7 Å². The van der Waals surface area contributed by atoms with E-state index in [0.29, 0.717) is 0 Å². The zero-order valence-electron chi connectivity index (χ0n) is 9.74. The maximum Gasteiger partial charge on any atom is 0.0808 e. The van der Waals surface area contributed by atoms with Gasteiger partial charge < -0.3 is 0 Å². The molecule has 1 aromatic rings. The molecule has 1 aliphatic carbocycles. The molecule has 2 rings (SSSR count). The Balaban J connectivity index is 2.66. The standard InChI is InChI=1S/C13H17NS/c1-12(2,3)13(4)7-5-6-10-11(8-13)15-9-14-10/h5-9H,1-4H3. The van der Waals surface area contributed by atoms with Gasteiger partial charge in [-0.2, -0.15) is 0 Å². The van der Waals surface area contributed by atoms with Gasteiger partial charge in [-0.25, -0.2) is 4.98 Å². The highest BCUT2D eigenvalue weighted by atomic mass is 32.1. The zero-order chi connectivity index (χ0) is 11.1. The summed E-state index contributed by atoms with van der Waals surface area (Å²) in [5.41, 5.74) is 2.24. The Morgan fingerprint density at radius 2 is 2.07 bits per heavy atom. The van der Waals surface area contributed by atoms with E-state index in [1.165, 1.54) is 4.53 Å². The van der Waals surface area contributed by atoms with Crippen molar-refractivity contribution in [1.82, 2.24) is 4.98 Å². The molecular weight excluding hydrogens is 202 g/mol. The van der Waals surface area contributed by atoms with E-state index in [1.807, 2.05) is 5.51 Å². The van der Waals surface area contributed by atoms with Crippen LogP contribution in [0.2, 0.25) is 0 Å². The Morgan fingerprint density at radius 1 is 1.33 bits per heavy atom. The molecule has 1 aliphatic rings.